The van der Waals surface area contributed by atoms with Crippen molar-refractivity contribution in [1.82, 2.24) is 14.8 Å². The fourth-order valence-electron chi connectivity index (χ4n) is 8.95. The van der Waals surface area contributed by atoms with Crippen LogP contribution in [0, 0.1) is 23.8 Å². The summed E-state index contributed by atoms with van der Waals surface area (Å²) in [7, 11) is 0. The van der Waals surface area contributed by atoms with Crippen molar-refractivity contribution in [3.63, 3.8) is 0 Å². The maximum atomic E-state index is 14.6. The first-order chi connectivity index (χ1) is 23.2. The van der Waals surface area contributed by atoms with E-state index >= 15 is 0 Å². The fraction of sp³-hybridized carbons (Fsp3) is 0.459. The summed E-state index contributed by atoms with van der Waals surface area (Å²) < 4.78 is 35.1. The van der Waals surface area contributed by atoms with Crippen LogP contribution in [0.4, 0.5) is 14.5 Å². The fourth-order valence-corrected chi connectivity index (χ4v) is 9.22. The average Bonchev–Trinajstić information content (AvgIpc) is 3.39. The molecule has 3 unspecified atom stereocenters. The number of nitrogens with zero attached hydrogens (tertiary/aromatic N) is 6. The van der Waals surface area contributed by atoms with Gasteiger partial charge in [-0.2, -0.15) is 5.26 Å². The SMILES string of the molecule is [C-]#[N+]C[C@H]1CN(c2c(C#N)c(OCC34CCCN3C[C@H](F)C4)nc3cc(-c4cccc5c4C4CC4C5)c(Cl)cc23)CCN1C(=O)C(=C)F. The summed E-state index contributed by atoms with van der Waals surface area (Å²) in [5.41, 5.74) is 5.57. The number of rotatable bonds is 7. The molecule has 3 aliphatic heterocycles. The maximum absolute atomic E-state index is 14.6. The quantitative estimate of drug-likeness (QED) is 0.213. The number of carbonyl (C=O) groups excluding carboxylic acids is 1. The van der Waals surface area contributed by atoms with Gasteiger partial charge in [0.1, 0.15) is 30.5 Å². The predicted molar refractivity (Wildman–Crippen MR) is 179 cm³/mol. The summed E-state index contributed by atoms with van der Waals surface area (Å²) in [4.78, 5) is 26.6. The number of aromatic nitrogens is 1. The summed E-state index contributed by atoms with van der Waals surface area (Å²) in [6.07, 6.45) is 3.50. The Labute approximate surface area is 283 Å². The molecule has 1 amide bonds. The first-order valence-electron chi connectivity index (χ1n) is 16.7. The number of amides is 1. The molecule has 3 aromatic rings. The van der Waals surface area contributed by atoms with Crippen molar-refractivity contribution in [3.8, 4) is 23.1 Å². The number of piperazine rings is 1. The molecule has 5 aliphatic rings. The molecule has 0 radical (unpaired) electrons. The standard InChI is InChI=1S/C37H35ClF2N6O2/c1-21(39)36(47)46-10-9-44(19-25(46)17-42-2)34-29-13-31(38)28(26-6-3-5-22-11-23-12-27(23)33(22)26)14-32(29)43-35(30(34)16-41)48-20-37-7-4-8-45(37)18-24(40)15-37/h3,5-6,13-14,23-25,27H,1,4,7-12,15,17-20H2/t23?,24-,25+,27?,37?/m1/s1. The van der Waals surface area contributed by atoms with E-state index in [0.717, 1.165) is 36.9 Å². The number of benzene rings is 2. The van der Waals surface area contributed by atoms with E-state index in [2.05, 4.69) is 40.6 Å². The lowest BCUT2D eigenvalue weighted by atomic mass is 9.93. The minimum absolute atomic E-state index is 0.0429. The van der Waals surface area contributed by atoms with Crippen molar-refractivity contribution >= 4 is 34.1 Å². The smallest absolute Gasteiger partial charge is 0.282 e. The summed E-state index contributed by atoms with van der Waals surface area (Å²) in [5.74, 6) is -0.509. The number of carbonyl (C=O) groups is 1. The highest BCUT2D eigenvalue weighted by Gasteiger charge is 2.50. The van der Waals surface area contributed by atoms with Gasteiger partial charge in [-0.3, -0.25) is 9.69 Å². The number of nitriles is 1. The van der Waals surface area contributed by atoms with Gasteiger partial charge in [0, 0.05) is 48.6 Å². The van der Waals surface area contributed by atoms with Crippen molar-refractivity contribution in [2.75, 3.05) is 50.8 Å². The van der Waals surface area contributed by atoms with E-state index in [-0.39, 0.29) is 44.2 Å². The number of hydrogen-bond donors (Lipinski definition) is 0. The molecule has 8 rings (SSSR count). The number of alkyl halides is 1. The Morgan fingerprint density at radius 3 is 2.90 bits per heavy atom. The van der Waals surface area contributed by atoms with Gasteiger partial charge >= 0.3 is 0 Å². The average molecular weight is 669 g/mol. The number of halogens is 3. The minimum Gasteiger partial charge on any atom is -0.475 e. The molecular formula is C37H35ClF2N6O2. The van der Waals surface area contributed by atoms with Crippen LogP contribution in [0.2, 0.25) is 5.02 Å². The third-order valence-electron chi connectivity index (χ3n) is 11.2. The van der Waals surface area contributed by atoms with Crippen LogP contribution in [-0.4, -0.2) is 84.3 Å². The van der Waals surface area contributed by atoms with Crippen LogP contribution >= 0.6 is 11.6 Å². The van der Waals surface area contributed by atoms with Crippen LogP contribution in [-0.2, 0) is 11.2 Å². The third-order valence-corrected chi connectivity index (χ3v) is 11.5. The molecule has 0 spiro atoms. The highest BCUT2D eigenvalue weighted by atomic mass is 35.5. The molecule has 48 heavy (non-hydrogen) atoms. The maximum Gasteiger partial charge on any atom is 0.282 e. The zero-order valence-corrected chi connectivity index (χ0v) is 27.3. The topological polar surface area (TPSA) is 77.1 Å². The van der Waals surface area contributed by atoms with Crippen molar-refractivity contribution < 1.29 is 18.3 Å². The van der Waals surface area contributed by atoms with Gasteiger partial charge in [0.05, 0.1) is 16.7 Å². The Morgan fingerprint density at radius 1 is 1.25 bits per heavy atom. The molecule has 11 heteroatoms. The molecule has 5 atom stereocenters. The Morgan fingerprint density at radius 2 is 2.10 bits per heavy atom. The summed E-state index contributed by atoms with van der Waals surface area (Å²) >= 11 is 7.10. The third kappa shape index (κ3) is 5.00. The van der Waals surface area contributed by atoms with Crippen LogP contribution in [0.25, 0.3) is 26.9 Å². The second kappa shape index (κ2) is 11.7. The lowest BCUT2D eigenvalue weighted by Crippen LogP contribution is -2.56. The van der Waals surface area contributed by atoms with Gasteiger partial charge in [0.25, 0.3) is 5.91 Å². The number of anilines is 1. The van der Waals surface area contributed by atoms with Gasteiger partial charge in [-0.15, -0.1) is 0 Å². The predicted octanol–water partition coefficient (Wildman–Crippen LogP) is 6.46. The van der Waals surface area contributed by atoms with Crippen LogP contribution in [0.15, 0.2) is 42.7 Å². The molecular weight excluding hydrogens is 634 g/mol. The Kier molecular flexibility index (Phi) is 7.58. The van der Waals surface area contributed by atoms with E-state index in [0.29, 0.717) is 46.4 Å². The normalized spacial score (nSPS) is 27.3. The van der Waals surface area contributed by atoms with Crippen LogP contribution < -0.4 is 9.64 Å². The molecule has 246 valence electrons. The first kappa shape index (κ1) is 31.0. The highest BCUT2D eigenvalue weighted by Crippen LogP contribution is 2.59. The van der Waals surface area contributed by atoms with Gasteiger partial charge in [-0.1, -0.05) is 36.4 Å². The van der Waals surface area contributed by atoms with E-state index in [1.165, 1.54) is 22.4 Å². The summed E-state index contributed by atoms with van der Waals surface area (Å²) in [5, 5.41) is 11.8. The molecule has 1 aromatic heterocycles. The van der Waals surface area contributed by atoms with E-state index in [1.807, 2.05) is 17.0 Å². The van der Waals surface area contributed by atoms with Crippen molar-refractivity contribution in [2.45, 2.75) is 55.8 Å². The number of hydrogen-bond acceptors (Lipinski definition) is 6. The van der Waals surface area contributed by atoms with E-state index < -0.39 is 29.5 Å². The molecule has 4 fully saturated rings. The van der Waals surface area contributed by atoms with Gasteiger partial charge in [0.15, 0.2) is 5.83 Å². The molecule has 1 saturated carbocycles. The first-order valence-corrected chi connectivity index (χ1v) is 17.0. The minimum atomic E-state index is -1.08. The van der Waals surface area contributed by atoms with Gasteiger partial charge in [0.2, 0.25) is 12.4 Å². The van der Waals surface area contributed by atoms with Crippen molar-refractivity contribution in [3.05, 3.63) is 75.9 Å². The van der Waals surface area contributed by atoms with Gasteiger partial charge in [-0.05, 0) is 72.9 Å². The van der Waals surface area contributed by atoms with Gasteiger partial charge < -0.3 is 19.4 Å². The van der Waals surface area contributed by atoms with Crippen LogP contribution in [0.3, 0.4) is 0 Å². The number of fused-ring (bicyclic) bond motifs is 5. The van der Waals surface area contributed by atoms with Crippen LogP contribution in [0.5, 0.6) is 5.88 Å². The highest BCUT2D eigenvalue weighted by molar-refractivity contribution is 6.34. The summed E-state index contributed by atoms with van der Waals surface area (Å²) in [6.45, 7) is 12.6. The lowest BCUT2D eigenvalue weighted by molar-refractivity contribution is -0.131. The Bertz CT molecular complexity index is 1960. The molecule has 4 heterocycles. The Balaban J connectivity index is 1.25. The van der Waals surface area contributed by atoms with Crippen molar-refractivity contribution in [2.24, 2.45) is 5.92 Å². The molecule has 3 saturated heterocycles. The molecule has 2 aromatic carbocycles. The van der Waals surface area contributed by atoms with Gasteiger partial charge in [-0.25, -0.2) is 20.3 Å². The number of ether oxygens (including phenoxy) is 1. The van der Waals surface area contributed by atoms with Crippen molar-refractivity contribution in [1.29, 1.82) is 5.26 Å². The van der Waals surface area contributed by atoms with E-state index in [1.54, 1.807) is 0 Å². The number of pyridine rings is 1. The molecule has 0 N–H and O–H groups in total. The summed E-state index contributed by atoms with van der Waals surface area (Å²) in [6, 6.07) is 11.9. The lowest BCUT2D eigenvalue weighted by Gasteiger charge is -2.40. The zero-order valence-electron chi connectivity index (χ0n) is 26.5. The van der Waals surface area contributed by atoms with Crippen LogP contribution in [0.1, 0.15) is 48.3 Å². The molecule has 0 bridgehead atoms. The molecule has 8 nitrogen and oxygen atoms in total. The van der Waals surface area contributed by atoms with E-state index in [4.69, 9.17) is 27.9 Å². The van der Waals surface area contributed by atoms with E-state index in [9.17, 15) is 18.8 Å². The molecule has 2 aliphatic carbocycles. The largest absolute Gasteiger partial charge is 0.475 e. The Hall–Kier alpha value is -4.25. The second-order valence-corrected chi connectivity index (χ2v) is 14.4. The zero-order chi connectivity index (χ0) is 33.3. The monoisotopic (exact) mass is 668 g/mol. The second-order valence-electron chi connectivity index (χ2n) is 14.0.